The minimum Gasteiger partial charge on any atom is -0.405 e. The average Bonchev–Trinajstić information content (AvgIpc) is 3.13. The molecule has 1 aliphatic carbocycles. The number of rotatable bonds is 4. The fraction of sp³-hybridized carbons (Fsp3) is 0.381. The van der Waals surface area contributed by atoms with Gasteiger partial charge in [-0.3, -0.25) is 14.4 Å². The van der Waals surface area contributed by atoms with Crippen LogP contribution >= 0.6 is 0 Å². The van der Waals surface area contributed by atoms with Crippen LogP contribution in [0.1, 0.15) is 45.7 Å². The lowest BCUT2D eigenvalue weighted by Crippen LogP contribution is -2.57. The average molecular weight is 464 g/mol. The zero-order valence-corrected chi connectivity index (χ0v) is 17.1. The number of carbonyl (C=O) groups excluding carboxylic acids is 2. The standard InChI is InChI=1S/C21H19F3N4O5/c22-9-3-14(23)12(15(24)4-9)6-26-20(30)13-7-27-8-16-28(10-1-2-11(5-10)32-16)21(31)17(27)19(33-25)18(13)29/h3-4,7,10-11,16H,1-2,5-6,8,25H2,(H,26,30). The first-order chi connectivity index (χ1) is 15.8. The number of amides is 2. The first-order valence-corrected chi connectivity index (χ1v) is 10.3. The van der Waals surface area contributed by atoms with Crippen LogP contribution in [0, 0.1) is 17.5 Å². The highest BCUT2D eigenvalue weighted by Gasteiger charge is 2.47. The molecule has 33 heavy (non-hydrogen) atoms. The van der Waals surface area contributed by atoms with E-state index in [1.165, 1.54) is 10.8 Å². The van der Waals surface area contributed by atoms with Gasteiger partial charge in [-0.15, -0.1) is 0 Å². The summed E-state index contributed by atoms with van der Waals surface area (Å²) in [4.78, 5) is 45.1. The molecule has 1 saturated heterocycles. The SMILES string of the molecule is NOc1c2n(cc(C(=O)NCc3c(F)cc(F)cc3F)c1=O)CC1OC3CCC(C3)N1C2=O. The van der Waals surface area contributed by atoms with Gasteiger partial charge >= 0.3 is 0 Å². The summed E-state index contributed by atoms with van der Waals surface area (Å²) in [6.45, 7) is -0.495. The van der Waals surface area contributed by atoms with E-state index < -0.39 is 64.3 Å². The van der Waals surface area contributed by atoms with Crippen molar-refractivity contribution in [3.05, 3.63) is 62.8 Å². The predicted molar refractivity (Wildman–Crippen MR) is 105 cm³/mol. The second-order valence-electron chi connectivity index (χ2n) is 8.24. The highest BCUT2D eigenvalue weighted by Crippen LogP contribution is 2.38. The molecule has 2 amide bonds. The molecular formula is C21H19F3N4O5. The van der Waals surface area contributed by atoms with Gasteiger partial charge in [0, 0.05) is 36.5 Å². The van der Waals surface area contributed by atoms with Gasteiger partial charge in [-0.25, -0.2) is 13.2 Å². The molecule has 12 heteroatoms. The van der Waals surface area contributed by atoms with Gasteiger partial charge in [0.05, 0.1) is 12.6 Å². The summed E-state index contributed by atoms with van der Waals surface area (Å²) in [7, 11) is 0. The minimum absolute atomic E-state index is 0.0146. The summed E-state index contributed by atoms with van der Waals surface area (Å²) in [5, 5.41) is 2.23. The van der Waals surface area contributed by atoms with Gasteiger partial charge in [0.2, 0.25) is 11.2 Å². The van der Waals surface area contributed by atoms with Crippen LogP contribution in [0.5, 0.6) is 5.75 Å². The number of nitrogens with one attached hydrogen (secondary N) is 1. The Labute approximate surface area is 184 Å². The van der Waals surface area contributed by atoms with Crippen molar-refractivity contribution in [3.8, 4) is 5.75 Å². The molecule has 3 heterocycles. The van der Waals surface area contributed by atoms with Crippen LogP contribution in [0.15, 0.2) is 23.1 Å². The summed E-state index contributed by atoms with van der Waals surface area (Å²) < 4.78 is 48.2. The maximum atomic E-state index is 13.9. The molecule has 1 aromatic carbocycles. The van der Waals surface area contributed by atoms with Crippen LogP contribution in [0.2, 0.25) is 0 Å². The van der Waals surface area contributed by atoms with Crippen LogP contribution < -0.4 is 21.5 Å². The molecule has 1 aromatic heterocycles. The minimum atomic E-state index is -1.18. The van der Waals surface area contributed by atoms with Gasteiger partial charge in [-0.1, -0.05) is 0 Å². The van der Waals surface area contributed by atoms with E-state index in [1.807, 2.05) is 0 Å². The molecule has 2 fully saturated rings. The molecule has 174 valence electrons. The van der Waals surface area contributed by atoms with E-state index in [0.717, 1.165) is 12.8 Å². The van der Waals surface area contributed by atoms with Gasteiger partial charge < -0.3 is 24.4 Å². The van der Waals surface area contributed by atoms with Crippen LogP contribution in [0.25, 0.3) is 0 Å². The highest BCUT2D eigenvalue weighted by atomic mass is 19.1. The van der Waals surface area contributed by atoms with Crippen molar-refractivity contribution in [1.82, 2.24) is 14.8 Å². The van der Waals surface area contributed by atoms with Crippen molar-refractivity contribution in [2.45, 2.75) is 50.7 Å². The molecule has 2 aliphatic heterocycles. The van der Waals surface area contributed by atoms with Crippen molar-refractivity contribution in [2.24, 2.45) is 5.90 Å². The second kappa shape index (κ2) is 7.89. The fourth-order valence-corrected chi connectivity index (χ4v) is 4.81. The maximum Gasteiger partial charge on any atom is 0.276 e. The molecular weight excluding hydrogens is 445 g/mol. The topological polar surface area (TPSA) is 116 Å². The number of pyridine rings is 1. The van der Waals surface area contributed by atoms with Crippen LogP contribution in [-0.4, -0.2) is 39.7 Å². The van der Waals surface area contributed by atoms with Crippen molar-refractivity contribution in [2.75, 3.05) is 0 Å². The monoisotopic (exact) mass is 464 g/mol. The van der Waals surface area contributed by atoms with Crippen LogP contribution in [-0.2, 0) is 17.8 Å². The predicted octanol–water partition coefficient (Wildman–Crippen LogP) is 1.18. The summed E-state index contributed by atoms with van der Waals surface area (Å²) in [5.41, 5.74) is -2.06. The fourth-order valence-electron chi connectivity index (χ4n) is 4.81. The number of nitrogens with zero attached hydrogens (tertiary/aromatic N) is 2. The van der Waals surface area contributed by atoms with Gasteiger partial charge in [-0.2, -0.15) is 5.90 Å². The van der Waals surface area contributed by atoms with Crippen molar-refractivity contribution < 1.29 is 32.3 Å². The normalized spacial score (nSPS) is 23.2. The summed E-state index contributed by atoms with van der Waals surface area (Å²) in [5.74, 6) is -0.158. The van der Waals surface area contributed by atoms with Crippen LogP contribution in [0.4, 0.5) is 13.2 Å². The molecule has 0 spiro atoms. The molecule has 3 atom stereocenters. The highest BCUT2D eigenvalue weighted by molar-refractivity contribution is 5.99. The Morgan fingerprint density at radius 2 is 1.94 bits per heavy atom. The third-order valence-electron chi connectivity index (χ3n) is 6.33. The number of fused-ring (bicyclic) bond motifs is 5. The van der Waals surface area contributed by atoms with E-state index in [9.17, 15) is 27.6 Å². The van der Waals surface area contributed by atoms with Gasteiger partial charge in [0.1, 0.15) is 23.0 Å². The number of hydrogen-bond donors (Lipinski definition) is 2. The van der Waals surface area contributed by atoms with Gasteiger partial charge in [0.15, 0.2) is 11.9 Å². The Bertz CT molecular complexity index is 1210. The lowest BCUT2D eigenvalue weighted by molar-refractivity contribution is -0.132. The van der Waals surface area contributed by atoms with E-state index in [-0.39, 0.29) is 24.4 Å². The van der Waals surface area contributed by atoms with E-state index in [2.05, 4.69) is 5.32 Å². The van der Waals surface area contributed by atoms with E-state index in [1.54, 1.807) is 4.90 Å². The largest absolute Gasteiger partial charge is 0.405 e. The van der Waals surface area contributed by atoms with Crippen molar-refractivity contribution >= 4 is 11.8 Å². The number of nitrogens with two attached hydrogens (primary N) is 1. The number of ether oxygens (including phenoxy) is 1. The molecule has 2 aromatic rings. The Morgan fingerprint density at radius 1 is 1.21 bits per heavy atom. The van der Waals surface area contributed by atoms with Crippen LogP contribution in [0.3, 0.4) is 0 Å². The Balaban J connectivity index is 1.47. The first kappa shape index (κ1) is 21.5. The third kappa shape index (κ3) is 3.45. The Kier molecular flexibility index (Phi) is 5.13. The molecule has 3 N–H and O–H groups in total. The Morgan fingerprint density at radius 3 is 2.64 bits per heavy atom. The Hall–Kier alpha value is -3.38. The quantitative estimate of drug-likeness (QED) is 0.657. The summed E-state index contributed by atoms with van der Waals surface area (Å²) in [6.07, 6.45) is 2.96. The summed E-state index contributed by atoms with van der Waals surface area (Å²) >= 11 is 0. The van der Waals surface area contributed by atoms with Gasteiger partial charge in [-0.05, 0) is 19.3 Å². The lowest BCUT2D eigenvalue weighted by Gasteiger charge is -2.44. The zero-order valence-electron chi connectivity index (χ0n) is 17.1. The molecule has 5 rings (SSSR count). The molecule has 9 nitrogen and oxygen atoms in total. The van der Waals surface area contributed by atoms with E-state index >= 15 is 0 Å². The number of carbonyl (C=O) groups is 2. The molecule has 0 radical (unpaired) electrons. The second-order valence-corrected chi connectivity index (χ2v) is 8.24. The smallest absolute Gasteiger partial charge is 0.276 e. The first-order valence-electron chi connectivity index (χ1n) is 10.3. The molecule has 3 aliphatic rings. The van der Waals surface area contributed by atoms with Crippen molar-refractivity contribution in [3.63, 3.8) is 0 Å². The number of halogens is 3. The maximum absolute atomic E-state index is 13.9. The zero-order chi connectivity index (χ0) is 23.4. The number of aromatic nitrogens is 1. The third-order valence-corrected chi connectivity index (χ3v) is 6.33. The molecule has 1 saturated carbocycles. The lowest BCUT2D eigenvalue weighted by atomic mass is 10.1. The van der Waals surface area contributed by atoms with E-state index in [4.69, 9.17) is 15.5 Å². The molecule has 3 unspecified atom stereocenters. The van der Waals surface area contributed by atoms with Gasteiger partial charge in [0.25, 0.3) is 11.8 Å². The number of hydrogen-bond acceptors (Lipinski definition) is 6. The number of benzene rings is 1. The summed E-state index contributed by atoms with van der Waals surface area (Å²) in [6, 6.07) is 0.944. The van der Waals surface area contributed by atoms with E-state index in [0.29, 0.717) is 18.6 Å². The van der Waals surface area contributed by atoms with Crippen molar-refractivity contribution in [1.29, 1.82) is 0 Å². The molecule has 2 bridgehead atoms.